The van der Waals surface area contributed by atoms with Gasteiger partial charge in [0.25, 0.3) is 0 Å². The summed E-state index contributed by atoms with van der Waals surface area (Å²) in [6.07, 6.45) is 3.51. The summed E-state index contributed by atoms with van der Waals surface area (Å²) in [6.45, 7) is 4.64. The number of benzene rings is 1. The van der Waals surface area contributed by atoms with Gasteiger partial charge < -0.3 is 10.4 Å². The molecule has 2 rings (SSSR count). The Morgan fingerprint density at radius 2 is 2.28 bits per heavy atom. The largest absolute Gasteiger partial charge is 0.478 e. The number of nitrogens with zero attached hydrogens (tertiary/aromatic N) is 2. The smallest absolute Gasteiger partial charge is 0.337 e. The summed E-state index contributed by atoms with van der Waals surface area (Å²) in [5, 5.41) is 16.4. The first-order valence-corrected chi connectivity index (χ1v) is 5.73. The van der Waals surface area contributed by atoms with Gasteiger partial charge in [-0.15, -0.1) is 0 Å². The molecule has 2 aromatic rings. The summed E-state index contributed by atoms with van der Waals surface area (Å²) in [4.78, 5) is 11.2. The van der Waals surface area contributed by atoms with Gasteiger partial charge in [-0.05, 0) is 26.0 Å². The number of carboxylic acid groups (broad SMARTS) is 1. The van der Waals surface area contributed by atoms with Gasteiger partial charge in [0, 0.05) is 12.7 Å². The second kappa shape index (κ2) is 4.91. The number of carboxylic acids is 1. The monoisotopic (exact) mass is 245 g/mol. The van der Waals surface area contributed by atoms with Gasteiger partial charge in [-0.1, -0.05) is 11.6 Å². The number of aryl methyl sites for hydroxylation is 2. The van der Waals surface area contributed by atoms with Crippen LogP contribution in [0.3, 0.4) is 0 Å². The van der Waals surface area contributed by atoms with E-state index >= 15 is 0 Å². The molecule has 2 N–H and O–H groups in total. The standard InChI is InChI=1S/C13H15N3O2/c1-3-16-8-10(7-14-16)15-12-5-4-9(2)6-11(12)13(17)18/h4-8,15H,3H2,1-2H3,(H,17,18). The minimum absolute atomic E-state index is 0.263. The number of carbonyl (C=O) groups is 1. The molecule has 1 aromatic carbocycles. The van der Waals surface area contributed by atoms with Crippen LogP contribution in [0.1, 0.15) is 22.8 Å². The molecular weight excluding hydrogens is 230 g/mol. The summed E-state index contributed by atoms with van der Waals surface area (Å²) < 4.78 is 1.77. The first kappa shape index (κ1) is 12.2. The van der Waals surface area contributed by atoms with Gasteiger partial charge in [-0.25, -0.2) is 4.79 Å². The first-order chi connectivity index (χ1) is 8.60. The lowest BCUT2D eigenvalue weighted by atomic mass is 10.1. The summed E-state index contributed by atoms with van der Waals surface area (Å²) in [7, 11) is 0. The molecule has 0 aliphatic heterocycles. The van der Waals surface area contributed by atoms with Gasteiger partial charge in [0.1, 0.15) is 0 Å². The number of hydrogen-bond donors (Lipinski definition) is 2. The summed E-state index contributed by atoms with van der Waals surface area (Å²) in [5.74, 6) is -0.941. The zero-order chi connectivity index (χ0) is 13.1. The Morgan fingerprint density at radius 1 is 1.50 bits per heavy atom. The van der Waals surface area contributed by atoms with Crippen molar-refractivity contribution in [1.82, 2.24) is 9.78 Å². The Bertz CT molecular complexity index is 575. The molecule has 5 heteroatoms. The van der Waals surface area contributed by atoms with Crippen molar-refractivity contribution >= 4 is 17.3 Å². The third kappa shape index (κ3) is 2.51. The van der Waals surface area contributed by atoms with E-state index in [0.717, 1.165) is 17.8 Å². The lowest BCUT2D eigenvalue weighted by Crippen LogP contribution is -2.02. The highest BCUT2D eigenvalue weighted by molar-refractivity contribution is 5.95. The molecule has 0 saturated carbocycles. The van der Waals surface area contributed by atoms with Crippen molar-refractivity contribution in [3.63, 3.8) is 0 Å². The number of anilines is 2. The number of nitrogens with one attached hydrogen (secondary N) is 1. The van der Waals surface area contributed by atoms with Crippen molar-refractivity contribution in [2.24, 2.45) is 0 Å². The van der Waals surface area contributed by atoms with E-state index < -0.39 is 5.97 Å². The Morgan fingerprint density at radius 3 is 2.89 bits per heavy atom. The van der Waals surface area contributed by atoms with E-state index in [1.54, 1.807) is 23.0 Å². The molecule has 1 aromatic heterocycles. The Kier molecular flexibility index (Phi) is 3.32. The topological polar surface area (TPSA) is 67.2 Å². The van der Waals surface area contributed by atoms with Crippen LogP contribution in [0.2, 0.25) is 0 Å². The number of hydrogen-bond acceptors (Lipinski definition) is 3. The van der Waals surface area contributed by atoms with Crippen LogP contribution < -0.4 is 5.32 Å². The van der Waals surface area contributed by atoms with Gasteiger partial charge in [-0.2, -0.15) is 5.10 Å². The molecule has 0 amide bonds. The lowest BCUT2D eigenvalue weighted by molar-refractivity contribution is 0.0698. The average molecular weight is 245 g/mol. The number of rotatable bonds is 4. The van der Waals surface area contributed by atoms with Gasteiger partial charge in [0.2, 0.25) is 0 Å². The molecule has 0 spiro atoms. The maximum atomic E-state index is 11.2. The highest BCUT2D eigenvalue weighted by Crippen LogP contribution is 2.21. The molecule has 18 heavy (non-hydrogen) atoms. The van der Waals surface area contributed by atoms with Gasteiger partial charge in [0.05, 0.1) is 23.1 Å². The molecule has 0 atom stereocenters. The minimum Gasteiger partial charge on any atom is -0.478 e. The SMILES string of the molecule is CCn1cc(Nc2ccc(C)cc2C(=O)O)cn1. The maximum absolute atomic E-state index is 11.2. The average Bonchev–Trinajstić information content (AvgIpc) is 2.79. The van der Waals surface area contributed by atoms with Crippen molar-refractivity contribution in [3.05, 3.63) is 41.7 Å². The second-order valence-corrected chi connectivity index (χ2v) is 4.06. The van der Waals surface area contributed by atoms with Crippen LogP contribution in [-0.2, 0) is 6.54 Å². The fourth-order valence-corrected chi connectivity index (χ4v) is 1.70. The van der Waals surface area contributed by atoms with E-state index in [-0.39, 0.29) is 5.56 Å². The normalized spacial score (nSPS) is 10.3. The van der Waals surface area contributed by atoms with Crippen LogP contribution in [0.25, 0.3) is 0 Å². The second-order valence-electron chi connectivity index (χ2n) is 4.06. The van der Waals surface area contributed by atoms with E-state index in [9.17, 15) is 4.79 Å². The van der Waals surface area contributed by atoms with Crippen LogP contribution in [0, 0.1) is 6.92 Å². The highest BCUT2D eigenvalue weighted by Gasteiger charge is 2.10. The molecule has 0 bridgehead atoms. The predicted molar refractivity (Wildman–Crippen MR) is 69.3 cm³/mol. The molecule has 5 nitrogen and oxygen atoms in total. The summed E-state index contributed by atoms with van der Waals surface area (Å²) >= 11 is 0. The Labute approximate surface area is 105 Å². The fraction of sp³-hybridized carbons (Fsp3) is 0.231. The van der Waals surface area contributed by atoms with Crippen LogP contribution in [0.5, 0.6) is 0 Å². The van der Waals surface area contributed by atoms with Gasteiger partial charge in [0.15, 0.2) is 0 Å². The van der Waals surface area contributed by atoms with E-state index in [0.29, 0.717) is 5.69 Å². The van der Waals surface area contributed by atoms with Crippen molar-refractivity contribution < 1.29 is 9.90 Å². The van der Waals surface area contributed by atoms with Crippen LogP contribution >= 0.6 is 0 Å². The fourth-order valence-electron chi connectivity index (χ4n) is 1.70. The molecule has 0 aliphatic rings. The van der Waals surface area contributed by atoms with Gasteiger partial charge in [-0.3, -0.25) is 4.68 Å². The maximum Gasteiger partial charge on any atom is 0.337 e. The zero-order valence-corrected chi connectivity index (χ0v) is 10.3. The predicted octanol–water partition coefficient (Wildman–Crippen LogP) is 2.65. The molecule has 94 valence electrons. The molecule has 0 radical (unpaired) electrons. The molecule has 0 aliphatic carbocycles. The minimum atomic E-state index is -0.941. The molecule has 1 heterocycles. The molecule has 0 saturated heterocycles. The van der Waals surface area contributed by atoms with Crippen LogP contribution in [-0.4, -0.2) is 20.9 Å². The first-order valence-electron chi connectivity index (χ1n) is 5.73. The lowest BCUT2D eigenvalue weighted by Gasteiger charge is -2.08. The van der Waals surface area contributed by atoms with Crippen molar-refractivity contribution in [2.75, 3.05) is 5.32 Å². The highest BCUT2D eigenvalue weighted by atomic mass is 16.4. The van der Waals surface area contributed by atoms with Crippen LogP contribution in [0.4, 0.5) is 11.4 Å². The van der Waals surface area contributed by atoms with Crippen molar-refractivity contribution in [1.29, 1.82) is 0 Å². The zero-order valence-electron chi connectivity index (χ0n) is 10.3. The molecule has 0 unspecified atom stereocenters. The quantitative estimate of drug-likeness (QED) is 0.869. The third-order valence-corrected chi connectivity index (χ3v) is 2.64. The molecule has 0 fully saturated rings. The van der Waals surface area contributed by atoms with Gasteiger partial charge >= 0.3 is 5.97 Å². The van der Waals surface area contributed by atoms with E-state index in [1.165, 1.54) is 0 Å². The van der Waals surface area contributed by atoms with E-state index in [4.69, 9.17) is 5.11 Å². The van der Waals surface area contributed by atoms with E-state index in [2.05, 4.69) is 10.4 Å². The van der Waals surface area contributed by atoms with E-state index in [1.807, 2.05) is 26.1 Å². The summed E-state index contributed by atoms with van der Waals surface area (Å²) in [5.41, 5.74) is 2.54. The summed E-state index contributed by atoms with van der Waals surface area (Å²) in [6, 6.07) is 5.29. The van der Waals surface area contributed by atoms with Crippen LogP contribution in [0.15, 0.2) is 30.6 Å². The third-order valence-electron chi connectivity index (χ3n) is 2.64. The Hall–Kier alpha value is -2.30. The van der Waals surface area contributed by atoms with Crippen molar-refractivity contribution in [2.45, 2.75) is 20.4 Å². The molecular formula is C13H15N3O2. The Balaban J connectivity index is 2.30. The van der Waals surface area contributed by atoms with Crippen molar-refractivity contribution in [3.8, 4) is 0 Å². The number of aromatic carboxylic acids is 1. The number of aromatic nitrogens is 2.